The van der Waals surface area contributed by atoms with E-state index in [-0.39, 0.29) is 0 Å². The van der Waals surface area contributed by atoms with Gasteiger partial charge in [0.1, 0.15) is 12.8 Å². The van der Waals surface area contributed by atoms with Crippen molar-refractivity contribution in [2.45, 2.75) is 12.1 Å². The minimum atomic E-state index is -1.35. The molecule has 1 rings (SSSR count). The zero-order chi connectivity index (χ0) is 12.1. The first-order valence-corrected chi connectivity index (χ1v) is 5.61. The van der Waals surface area contributed by atoms with Crippen LogP contribution in [0.1, 0.15) is 11.7 Å². The third-order valence-electron chi connectivity index (χ3n) is 2.07. The van der Waals surface area contributed by atoms with Gasteiger partial charge in [-0.3, -0.25) is 0 Å². The molecule has 0 unspecified atom stereocenters. The Bertz CT molecular complexity index is 358. The highest BCUT2D eigenvalue weighted by atomic mass is 127. The number of carbonyl (C=O) groups is 1. The molecule has 0 spiro atoms. The number of carboxylic acid groups (broad SMARTS) is 1. The van der Waals surface area contributed by atoms with Crippen molar-refractivity contribution in [2.24, 2.45) is 0 Å². The molecule has 0 aliphatic carbocycles. The molecule has 4 nitrogen and oxygen atoms in total. The highest BCUT2D eigenvalue weighted by Gasteiger charge is 2.22. The Morgan fingerprint density at radius 3 is 2.44 bits per heavy atom. The Labute approximate surface area is 106 Å². The van der Waals surface area contributed by atoms with E-state index in [0.29, 0.717) is 5.56 Å². The number of aliphatic hydroxyl groups is 1. The average Bonchev–Trinajstić information content (AvgIpc) is 2.25. The maximum atomic E-state index is 12.5. The Morgan fingerprint density at radius 1 is 1.44 bits per heavy atom. The molecule has 16 heavy (non-hydrogen) atoms. The number of alkyl halides is 1. The molecule has 0 aliphatic heterocycles. The quantitative estimate of drug-likeness (QED) is 0.735. The van der Waals surface area contributed by atoms with E-state index in [1.54, 1.807) is 24.3 Å². The summed E-state index contributed by atoms with van der Waals surface area (Å²) in [6, 6.07) is 5.65. The van der Waals surface area contributed by atoms with E-state index in [1.807, 2.05) is 5.32 Å². The van der Waals surface area contributed by atoms with Crippen LogP contribution in [-0.2, 0) is 0 Å². The largest absolute Gasteiger partial charge is 0.465 e. The van der Waals surface area contributed by atoms with Gasteiger partial charge in [-0.1, -0.05) is 12.1 Å². The van der Waals surface area contributed by atoms with Crippen LogP contribution < -0.4 is 5.32 Å². The Hall–Kier alpha value is -0.890. The standard InChI is InChI=1S/C10H11FINO3/c11-5-8(13-10(15)16)9(14)6-1-3-7(12)4-2-6/h1-4,8-9,13-14H,5H2,(H,15,16)/t8-,9-/m1/s1. The molecule has 1 aromatic rings. The summed E-state index contributed by atoms with van der Waals surface area (Å²) in [6.07, 6.45) is -2.54. The zero-order valence-electron chi connectivity index (χ0n) is 8.23. The summed E-state index contributed by atoms with van der Waals surface area (Å²) in [5.74, 6) is 0. The fourth-order valence-corrected chi connectivity index (χ4v) is 1.61. The van der Waals surface area contributed by atoms with Crippen LogP contribution in [0.25, 0.3) is 0 Å². The number of amides is 1. The maximum Gasteiger partial charge on any atom is 0.405 e. The monoisotopic (exact) mass is 339 g/mol. The second-order valence-corrected chi connectivity index (χ2v) is 4.45. The number of aliphatic hydroxyl groups excluding tert-OH is 1. The minimum absolute atomic E-state index is 0.483. The van der Waals surface area contributed by atoms with Crippen LogP contribution in [-0.4, -0.2) is 29.0 Å². The summed E-state index contributed by atoms with van der Waals surface area (Å²) in [4.78, 5) is 10.4. The summed E-state index contributed by atoms with van der Waals surface area (Å²) in [6.45, 7) is -0.959. The van der Waals surface area contributed by atoms with Crippen LogP contribution in [0.15, 0.2) is 24.3 Å². The number of benzene rings is 1. The fourth-order valence-electron chi connectivity index (χ4n) is 1.25. The summed E-state index contributed by atoms with van der Waals surface area (Å²) >= 11 is 2.10. The third-order valence-corrected chi connectivity index (χ3v) is 2.79. The number of rotatable bonds is 4. The number of nitrogens with one attached hydrogen (secondary N) is 1. The summed E-state index contributed by atoms with van der Waals surface area (Å²) in [7, 11) is 0. The van der Waals surface area contributed by atoms with Crippen molar-refractivity contribution < 1.29 is 19.4 Å². The van der Waals surface area contributed by atoms with Crippen LogP contribution in [0.3, 0.4) is 0 Å². The van der Waals surface area contributed by atoms with Gasteiger partial charge >= 0.3 is 6.09 Å². The van der Waals surface area contributed by atoms with Gasteiger partial charge in [0, 0.05) is 3.57 Å². The molecule has 0 saturated carbocycles. The second-order valence-electron chi connectivity index (χ2n) is 3.21. The number of hydrogen-bond acceptors (Lipinski definition) is 2. The minimum Gasteiger partial charge on any atom is -0.465 e. The summed E-state index contributed by atoms with van der Waals surface area (Å²) in [5, 5.41) is 20.1. The molecule has 0 bridgehead atoms. The predicted octanol–water partition coefficient (Wildman–Crippen LogP) is 1.93. The molecule has 1 aromatic carbocycles. The summed E-state index contributed by atoms with van der Waals surface area (Å²) < 4.78 is 13.5. The van der Waals surface area contributed by atoms with Crippen LogP contribution in [0.2, 0.25) is 0 Å². The fraction of sp³-hybridized carbons (Fsp3) is 0.300. The van der Waals surface area contributed by atoms with E-state index in [2.05, 4.69) is 22.6 Å². The highest BCUT2D eigenvalue weighted by Crippen LogP contribution is 2.18. The van der Waals surface area contributed by atoms with Gasteiger partial charge in [0.05, 0.1) is 6.04 Å². The molecular formula is C10H11FINO3. The van der Waals surface area contributed by atoms with E-state index in [1.165, 1.54) is 0 Å². The molecule has 0 aromatic heterocycles. The van der Waals surface area contributed by atoms with Crippen molar-refractivity contribution in [3.8, 4) is 0 Å². The molecule has 0 heterocycles. The number of hydrogen-bond donors (Lipinski definition) is 3. The van der Waals surface area contributed by atoms with Crippen LogP contribution in [0.5, 0.6) is 0 Å². The van der Waals surface area contributed by atoms with Crippen molar-refractivity contribution in [2.75, 3.05) is 6.67 Å². The van der Waals surface area contributed by atoms with Gasteiger partial charge in [-0.05, 0) is 40.3 Å². The first-order valence-electron chi connectivity index (χ1n) is 4.53. The van der Waals surface area contributed by atoms with Crippen LogP contribution in [0.4, 0.5) is 9.18 Å². The van der Waals surface area contributed by atoms with Gasteiger partial charge < -0.3 is 15.5 Å². The van der Waals surface area contributed by atoms with Gasteiger partial charge in [-0.25, -0.2) is 9.18 Å². The Morgan fingerprint density at radius 2 is 2.00 bits per heavy atom. The molecule has 0 fully saturated rings. The second kappa shape index (κ2) is 6.00. The zero-order valence-corrected chi connectivity index (χ0v) is 10.4. The third kappa shape index (κ3) is 3.60. The first kappa shape index (κ1) is 13.2. The average molecular weight is 339 g/mol. The van der Waals surface area contributed by atoms with Crippen molar-refractivity contribution >= 4 is 28.7 Å². The van der Waals surface area contributed by atoms with Crippen molar-refractivity contribution in [3.05, 3.63) is 33.4 Å². The lowest BCUT2D eigenvalue weighted by Gasteiger charge is -2.20. The van der Waals surface area contributed by atoms with Gasteiger partial charge in [-0.15, -0.1) is 0 Å². The maximum absolute atomic E-state index is 12.5. The van der Waals surface area contributed by atoms with Gasteiger partial charge in [0.15, 0.2) is 0 Å². The molecule has 0 saturated heterocycles. The summed E-state index contributed by atoms with van der Waals surface area (Å²) in [5.41, 5.74) is 0.483. The van der Waals surface area contributed by atoms with E-state index in [9.17, 15) is 14.3 Å². The lowest BCUT2D eigenvalue weighted by atomic mass is 10.0. The van der Waals surface area contributed by atoms with Gasteiger partial charge in [0.2, 0.25) is 0 Å². The predicted molar refractivity (Wildman–Crippen MR) is 65.0 cm³/mol. The SMILES string of the molecule is O=C(O)N[C@H](CF)[C@H](O)c1ccc(I)cc1. The molecule has 0 radical (unpaired) electrons. The molecule has 0 aliphatic rings. The molecule has 1 amide bonds. The molecule has 6 heteroatoms. The molecule has 3 N–H and O–H groups in total. The first-order chi connectivity index (χ1) is 7.54. The topological polar surface area (TPSA) is 69.6 Å². The molecule has 88 valence electrons. The Kier molecular flexibility index (Phi) is 4.94. The van der Waals surface area contributed by atoms with Crippen LogP contribution in [0, 0.1) is 3.57 Å². The molecular weight excluding hydrogens is 328 g/mol. The van der Waals surface area contributed by atoms with E-state index in [4.69, 9.17) is 5.11 Å². The smallest absolute Gasteiger partial charge is 0.405 e. The van der Waals surface area contributed by atoms with Gasteiger partial charge in [0.25, 0.3) is 0 Å². The van der Waals surface area contributed by atoms with Crippen molar-refractivity contribution in [1.29, 1.82) is 0 Å². The highest BCUT2D eigenvalue weighted by molar-refractivity contribution is 14.1. The van der Waals surface area contributed by atoms with E-state index in [0.717, 1.165) is 3.57 Å². The lowest BCUT2D eigenvalue weighted by Crippen LogP contribution is -2.40. The van der Waals surface area contributed by atoms with E-state index < -0.39 is 24.9 Å². The van der Waals surface area contributed by atoms with Gasteiger partial charge in [-0.2, -0.15) is 0 Å². The Balaban J connectivity index is 2.78. The van der Waals surface area contributed by atoms with Crippen molar-refractivity contribution in [1.82, 2.24) is 5.32 Å². The lowest BCUT2D eigenvalue weighted by molar-refractivity contribution is 0.107. The normalized spacial score (nSPS) is 14.2. The number of halogens is 2. The van der Waals surface area contributed by atoms with Crippen molar-refractivity contribution in [3.63, 3.8) is 0 Å². The van der Waals surface area contributed by atoms with Crippen LogP contribution >= 0.6 is 22.6 Å². The molecule has 2 atom stereocenters. The van der Waals surface area contributed by atoms with E-state index >= 15 is 0 Å².